The number of thiocarbonyl (C=S) groups is 1. The SMILES string of the molecule is CCNC(=S)N1CC(C(=O)NC2CC2)C(c2ccccc2)C1. The Labute approximate surface area is 137 Å². The predicted molar refractivity (Wildman–Crippen MR) is 91.7 cm³/mol. The summed E-state index contributed by atoms with van der Waals surface area (Å²) in [5.74, 6) is 0.356. The minimum atomic E-state index is -0.0281. The molecule has 1 saturated carbocycles. The van der Waals surface area contributed by atoms with E-state index in [0.29, 0.717) is 12.6 Å². The second-order valence-corrected chi connectivity index (χ2v) is 6.53. The van der Waals surface area contributed by atoms with Crippen LogP contribution >= 0.6 is 12.2 Å². The maximum atomic E-state index is 12.6. The molecule has 1 amide bonds. The minimum absolute atomic E-state index is 0.0281. The Balaban J connectivity index is 1.76. The topological polar surface area (TPSA) is 44.4 Å². The van der Waals surface area contributed by atoms with Crippen molar-refractivity contribution < 1.29 is 4.79 Å². The third kappa shape index (κ3) is 3.40. The first kappa shape index (κ1) is 15.3. The maximum absolute atomic E-state index is 12.6. The van der Waals surface area contributed by atoms with Crippen LogP contribution in [0.2, 0.25) is 0 Å². The first-order chi connectivity index (χ1) is 10.7. The molecule has 0 bridgehead atoms. The lowest BCUT2D eigenvalue weighted by Gasteiger charge is -2.19. The molecule has 0 aromatic heterocycles. The summed E-state index contributed by atoms with van der Waals surface area (Å²) in [5.41, 5.74) is 1.22. The van der Waals surface area contributed by atoms with E-state index in [1.165, 1.54) is 5.56 Å². The third-order valence-electron chi connectivity index (χ3n) is 4.42. The molecule has 0 radical (unpaired) electrons. The fourth-order valence-electron chi connectivity index (χ4n) is 3.07. The van der Waals surface area contributed by atoms with Crippen molar-refractivity contribution >= 4 is 23.2 Å². The van der Waals surface area contributed by atoms with Crippen LogP contribution in [0.4, 0.5) is 0 Å². The van der Waals surface area contributed by atoms with Crippen molar-refractivity contribution in [3.05, 3.63) is 35.9 Å². The highest BCUT2D eigenvalue weighted by Gasteiger charge is 2.40. The molecule has 2 N–H and O–H groups in total. The summed E-state index contributed by atoms with van der Waals surface area (Å²) in [5, 5.41) is 7.11. The van der Waals surface area contributed by atoms with E-state index in [4.69, 9.17) is 12.2 Å². The second kappa shape index (κ2) is 6.65. The highest BCUT2D eigenvalue weighted by molar-refractivity contribution is 7.80. The van der Waals surface area contributed by atoms with Gasteiger partial charge in [-0.1, -0.05) is 30.3 Å². The molecule has 1 saturated heterocycles. The Bertz CT molecular complexity index is 544. The fraction of sp³-hybridized carbons (Fsp3) is 0.529. The fourth-order valence-corrected chi connectivity index (χ4v) is 3.37. The number of carbonyl (C=O) groups is 1. The Hall–Kier alpha value is -1.62. The van der Waals surface area contributed by atoms with Crippen molar-refractivity contribution in [2.24, 2.45) is 5.92 Å². The molecule has 2 aliphatic rings. The maximum Gasteiger partial charge on any atom is 0.225 e. The highest BCUT2D eigenvalue weighted by Crippen LogP contribution is 2.33. The first-order valence-electron chi connectivity index (χ1n) is 8.07. The van der Waals surface area contributed by atoms with Crippen LogP contribution in [0.25, 0.3) is 0 Å². The first-order valence-corrected chi connectivity index (χ1v) is 8.48. The Morgan fingerprint density at radius 1 is 1.27 bits per heavy atom. The summed E-state index contributed by atoms with van der Waals surface area (Å²) >= 11 is 5.44. The smallest absolute Gasteiger partial charge is 0.225 e. The van der Waals surface area contributed by atoms with Gasteiger partial charge in [-0.3, -0.25) is 4.79 Å². The molecule has 5 heteroatoms. The number of benzene rings is 1. The van der Waals surface area contributed by atoms with E-state index in [1.54, 1.807) is 0 Å². The summed E-state index contributed by atoms with van der Waals surface area (Å²) < 4.78 is 0. The standard InChI is InChI=1S/C17H23N3OS/c1-2-18-17(22)20-10-14(12-6-4-3-5-7-12)15(11-20)16(21)19-13-8-9-13/h3-7,13-15H,2,8-11H2,1H3,(H,18,22)(H,19,21). The molecule has 1 aliphatic carbocycles. The molecule has 1 aliphatic heterocycles. The van der Waals surface area contributed by atoms with Gasteiger partial charge in [0.1, 0.15) is 0 Å². The van der Waals surface area contributed by atoms with Crippen molar-refractivity contribution in [3.63, 3.8) is 0 Å². The second-order valence-electron chi connectivity index (χ2n) is 6.15. The van der Waals surface area contributed by atoms with Crippen LogP contribution in [0, 0.1) is 5.92 Å². The number of carbonyl (C=O) groups excluding carboxylic acids is 1. The molecular formula is C17H23N3OS. The summed E-state index contributed by atoms with van der Waals surface area (Å²) in [7, 11) is 0. The summed E-state index contributed by atoms with van der Waals surface area (Å²) in [6.07, 6.45) is 2.24. The number of nitrogens with one attached hydrogen (secondary N) is 2. The number of hydrogen-bond acceptors (Lipinski definition) is 2. The van der Waals surface area contributed by atoms with E-state index in [9.17, 15) is 4.79 Å². The van der Waals surface area contributed by atoms with Gasteiger partial charge in [0.25, 0.3) is 0 Å². The van der Waals surface area contributed by atoms with Crippen LogP contribution in [0.5, 0.6) is 0 Å². The monoisotopic (exact) mass is 317 g/mol. The number of hydrogen-bond donors (Lipinski definition) is 2. The molecule has 4 nitrogen and oxygen atoms in total. The molecule has 2 atom stereocenters. The molecular weight excluding hydrogens is 294 g/mol. The van der Waals surface area contributed by atoms with E-state index in [-0.39, 0.29) is 17.7 Å². The van der Waals surface area contributed by atoms with E-state index < -0.39 is 0 Å². The van der Waals surface area contributed by atoms with Crippen LogP contribution in [-0.2, 0) is 4.79 Å². The zero-order chi connectivity index (χ0) is 15.5. The average molecular weight is 317 g/mol. The predicted octanol–water partition coefficient (Wildman–Crippen LogP) is 1.87. The molecule has 0 spiro atoms. The van der Waals surface area contributed by atoms with Gasteiger partial charge in [0, 0.05) is 31.6 Å². The number of rotatable bonds is 4. The molecule has 118 valence electrons. The largest absolute Gasteiger partial charge is 0.363 e. The normalized spacial score (nSPS) is 24.1. The molecule has 2 fully saturated rings. The van der Waals surface area contributed by atoms with E-state index in [1.807, 2.05) is 25.1 Å². The molecule has 22 heavy (non-hydrogen) atoms. The van der Waals surface area contributed by atoms with Gasteiger partial charge in [-0.05, 0) is 37.5 Å². The average Bonchev–Trinajstić information content (AvgIpc) is 3.22. The molecule has 1 aromatic carbocycles. The van der Waals surface area contributed by atoms with Crippen molar-refractivity contribution in [3.8, 4) is 0 Å². The number of amides is 1. The van der Waals surface area contributed by atoms with Gasteiger partial charge in [-0.15, -0.1) is 0 Å². The van der Waals surface area contributed by atoms with Crippen molar-refractivity contribution in [2.75, 3.05) is 19.6 Å². The summed E-state index contributed by atoms with van der Waals surface area (Å²) in [6.45, 7) is 4.35. The van der Waals surface area contributed by atoms with Gasteiger partial charge in [0.05, 0.1) is 5.92 Å². The lowest BCUT2D eigenvalue weighted by atomic mass is 9.88. The Morgan fingerprint density at radius 2 is 2.00 bits per heavy atom. The van der Waals surface area contributed by atoms with Gasteiger partial charge < -0.3 is 15.5 Å². The van der Waals surface area contributed by atoms with Crippen molar-refractivity contribution in [1.82, 2.24) is 15.5 Å². The summed E-state index contributed by atoms with van der Waals surface area (Å²) in [6, 6.07) is 10.7. The van der Waals surface area contributed by atoms with Gasteiger partial charge in [0.15, 0.2) is 5.11 Å². The van der Waals surface area contributed by atoms with E-state index in [2.05, 4.69) is 27.7 Å². The molecule has 3 rings (SSSR count). The quantitative estimate of drug-likeness (QED) is 0.832. The van der Waals surface area contributed by atoms with Crippen LogP contribution in [0.15, 0.2) is 30.3 Å². The zero-order valence-electron chi connectivity index (χ0n) is 12.9. The van der Waals surface area contributed by atoms with Gasteiger partial charge in [0.2, 0.25) is 5.91 Å². The van der Waals surface area contributed by atoms with Gasteiger partial charge in [-0.2, -0.15) is 0 Å². The Kier molecular flexibility index (Phi) is 4.62. The lowest BCUT2D eigenvalue weighted by Crippen LogP contribution is -2.40. The molecule has 1 aromatic rings. The van der Waals surface area contributed by atoms with Crippen molar-refractivity contribution in [1.29, 1.82) is 0 Å². The van der Waals surface area contributed by atoms with Gasteiger partial charge in [-0.25, -0.2) is 0 Å². The lowest BCUT2D eigenvalue weighted by molar-refractivity contribution is -0.125. The Morgan fingerprint density at radius 3 is 2.64 bits per heavy atom. The minimum Gasteiger partial charge on any atom is -0.363 e. The van der Waals surface area contributed by atoms with Crippen molar-refractivity contribution in [2.45, 2.75) is 31.7 Å². The third-order valence-corrected chi connectivity index (χ3v) is 4.83. The van der Waals surface area contributed by atoms with Crippen LogP contribution < -0.4 is 10.6 Å². The van der Waals surface area contributed by atoms with E-state index in [0.717, 1.165) is 31.0 Å². The number of nitrogens with zero attached hydrogens (tertiary/aromatic N) is 1. The van der Waals surface area contributed by atoms with E-state index >= 15 is 0 Å². The zero-order valence-corrected chi connectivity index (χ0v) is 13.7. The molecule has 1 heterocycles. The van der Waals surface area contributed by atoms with Crippen LogP contribution in [0.1, 0.15) is 31.2 Å². The van der Waals surface area contributed by atoms with Crippen LogP contribution in [0.3, 0.4) is 0 Å². The summed E-state index contributed by atoms with van der Waals surface area (Å²) in [4.78, 5) is 14.7. The highest BCUT2D eigenvalue weighted by atomic mass is 32.1. The number of likely N-dealkylation sites (tertiary alicyclic amines) is 1. The van der Waals surface area contributed by atoms with Crippen LogP contribution in [-0.4, -0.2) is 41.6 Å². The molecule has 2 unspecified atom stereocenters. The van der Waals surface area contributed by atoms with Gasteiger partial charge >= 0.3 is 0 Å².